The summed E-state index contributed by atoms with van der Waals surface area (Å²) in [6.07, 6.45) is 1.42. The minimum atomic E-state index is -3.74. The topological polar surface area (TPSA) is 104 Å². The third-order valence-electron chi connectivity index (χ3n) is 2.12. The van der Waals surface area contributed by atoms with Crippen LogP contribution in [0.3, 0.4) is 0 Å². The molecule has 2 rings (SSSR count). The Kier molecular flexibility index (Phi) is 2.14. The quantitative estimate of drug-likeness (QED) is 0.693. The molecule has 0 amide bonds. The Labute approximate surface area is 94.7 Å². The summed E-state index contributed by atoms with van der Waals surface area (Å²) in [7, 11) is -5.87. The van der Waals surface area contributed by atoms with Crippen molar-refractivity contribution in [3.05, 3.63) is 12.0 Å². The van der Waals surface area contributed by atoms with Gasteiger partial charge in [-0.1, -0.05) is 19.6 Å². The number of H-pyrrole nitrogens is 1. The van der Waals surface area contributed by atoms with E-state index >= 15 is 0 Å². The first-order valence-corrected chi connectivity index (χ1v) is 9.52. The molecule has 88 valence electrons. The molecule has 0 spiro atoms. The van der Waals surface area contributed by atoms with E-state index in [-0.39, 0.29) is 5.84 Å². The number of rotatable bonds is 1. The van der Waals surface area contributed by atoms with Gasteiger partial charge in [-0.25, -0.2) is 4.98 Å². The van der Waals surface area contributed by atoms with Crippen LogP contribution in [-0.2, 0) is 10.2 Å². The molecule has 1 aromatic heterocycles. The molecule has 2 heterocycles. The van der Waals surface area contributed by atoms with E-state index < -0.39 is 18.4 Å². The van der Waals surface area contributed by atoms with E-state index in [1.54, 1.807) is 0 Å². The number of hydrogen-bond acceptors (Lipinski definition) is 4. The lowest BCUT2D eigenvalue weighted by Crippen LogP contribution is -2.52. The summed E-state index contributed by atoms with van der Waals surface area (Å²) in [5.74, 6) is 0.314. The van der Waals surface area contributed by atoms with Crippen LogP contribution in [0, 0.1) is 0 Å². The fraction of sp³-hybridized carbons (Fsp3) is 0.429. The maximum atomic E-state index is 11.9. The molecule has 0 saturated heterocycles. The standard InChI is InChI=1S/C7H13N5O2SSi/c1-16(2,3)12-7-5(9-4-10-7)6(8)11-15(12,13)14/h4H,1-3H3,(H2,8,11)(H,9,10). The maximum absolute atomic E-state index is 11.9. The SMILES string of the molecule is C[Si](C)(C)N1c2nc[nH]c2C(N)=NS1(=O)=O. The molecular formula is C7H13N5O2SSi. The summed E-state index contributed by atoms with van der Waals surface area (Å²) in [5, 5.41) is 0. The summed E-state index contributed by atoms with van der Waals surface area (Å²) >= 11 is 0. The average molecular weight is 259 g/mol. The number of hydrogen-bond donors (Lipinski definition) is 2. The molecule has 1 aliphatic rings. The van der Waals surface area contributed by atoms with Gasteiger partial charge in [0.15, 0.2) is 19.9 Å². The van der Waals surface area contributed by atoms with Crippen molar-refractivity contribution in [1.29, 1.82) is 0 Å². The van der Waals surface area contributed by atoms with Crippen LogP contribution in [0.25, 0.3) is 0 Å². The zero-order valence-corrected chi connectivity index (χ0v) is 11.0. The molecule has 7 nitrogen and oxygen atoms in total. The first kappa shape index (κ1) is 11.1. The van der Waals surface area contributed by atoms with Crippen LogP contribution in [0.2, 0.25) is 19.6 Å². The largest absolute Gasteiger partial charge is 0.381 e. The molecule has 0 aromatic carbocycles. The van der Waals surface area contributed by atoms with Gasteiger partial charge in [-0.2, -0.15) is 8.42 Å². The third kappa shape index (κ3) is 1.52. The van der Waals surface area contributed by atoms with Crippen molar-refractivity contribution >= 4 is 30.1 Å². The number of aromatic amines is 1. The molecule has 1 aromatic rings. The molecule has 1 aliphatic heterocycles. The van der Waals surface area contributed by atoms with E-state index in [1.165, 1.54) is 10.3 Å². The molecule has 0 radical (unpaired) electrons. The van der Waals surface area contributed by atoms with Crippen molar-refractivity contribution in [2.45, 2.75) is 19.6 Å². The molecule has 0 unspecified atom stereocenters. The lowest BCUT2D eigenvalue weighted by Gasteiger charge is -2.33. The van der Waals surface area contributed by atoms with Crippen molar-refractivity contribution < 1.29 is 8.42 Å². The summed E-state index contributed by atoms with van der Waals surface area (Å²) in [5.41, 5.74) is 6.03. The van der Waals surface area contributed by atoms with Crippen molar-refractivity contribution in [1.82, 2.24) is 9.97 Å². The number of nitrogens with two attached hydrogens (primary N) is 1. The number of aromatic nitrogens is 2. The molecule has 9 heteroatoms. The van der Waals surface area contributed by atoms with Crippen molar-refractivity contribution in [2.75, 3.05) is 3.97 Å². The lowest BCUT2D eigenvalue weighted by molar-refractivity contribution is 0.598. The fourth-order valence-electron chi connectivity index (χ4n) is 1.61. The second-order valence-corrected chi connectivity index (χ2v) is 11.0. The van der Waals surface area contributed by atoms with E-state index in [4.69, 9.17) is 5.73 Å². The molecule has 0 saturated carbocycles. The highest BCUT2D eigenvalue weighted by molar-refractivity contribution is 7.93. The van der Waals surface area contributed by atoms with E-state index in [9.17, 15) is 8.42 Å². The molecule has 0 fully saturated rings. The number of nitrogens with one attached hydrogen (secondary N) is 1. The molecular weight excluding hydrogens is 246 g/mol. The molecule has 0 atom stereocenters. The Morgan fingerprint density at radius 2 is 2.06 bits per heavy atom. The Bertz CT molecular complexity index is 556. The van der Waals surface area contributed by atoms with Gasteiger partial charge in [0.1, 0.15) is 5.69 Å². The van der Waals surface area contributed by atoms with Gasteiger partial charge in [-0.15, -0.1) is 4.40 Å². The van der Waals surface area contributed by atoms with E-state index in [2.05, 4.69) is 14.4 Å². The van der Waals surface area contributed by atoms with Crippen LogP contribution in [-0.4, -0.2) is 32.5 Å². The maximum Gasteiger partial charge on any atom is 0.340 e. The van der Waals surface area contributed by atoms with Crippen molar-refractivity contribution in [3.63, 3.8) is 0 Å². The van der Waals surface area contributed by atoms with Crippen LogP contribution in [0.15, 0.2) is 10.7 Å². The predicted molar refractivity (Wildman–Crippen MR) is 64.1 cm³/mol. The highest BCUT2D eigenvalue weighted by atomic mass is 32.2. The Hall–Kier alpha value is -1.35. The van der Waals surface area contributed by atoms with Crippen LogP contribution in [0.1, 0.15) is 5.69 Å². The highest BCUT2D eigenvalue weighted by Gasteiger charge is 2.41. The van der Waals surface area contributed by atoms with Gasteiger partial charge in [-0.3, -0.25) is 3.97 Å². The highest BCUT2D eigenvalue weighted by Crippen LogP contribution is 2.30. The lowest BCUT2D eigenvalue weighted by atomic mass is 10.4. The second-order valence-electron chi connectivity index (χ2n) is 4.49. The third-order valence-corrected chi connectivity index (χ3v) is 6.95. The Morgan fingerprint density at radius 1 is 1.44 bits per heavy atom. The number of fused-ring (bicyclic) bond motifs is 1. The normalized spacial score (nSPS) is 19.2. The van der Waals surface area contributed by atoms with Gasteiger partial charge < -0.3 is 10.7 Å². The Morgan fingerprint density at radius 3 is 2.62 bits per heavy atom. The number of imidazole rings is 1. The van der Waals surface area contributed by atoms with E-state index in [1.807, 2.05) is 19.6 Å². The van der Waals surface area contributed by atoms with Gasteiger partial charge >= 0.3 is 10.2 Å². The van der Waals surface area contributed by atoms with Crippen molar-refractivity contribution in [2.24, 2.45) is 10.1 Å². The van der Waals surface area contributed by atoms with Gasteiger partial charge in [-0.05, 0) is 0 Å². The van der Waals surface area contributed by atoms with Crippen molar-refractivity contribution in [3.8, 4) is 0 Å². The minimum Gasteiger partial charge on any atom is -0.381 e. The van der Waals surface area contributed by atoms with Gasteiger partial charge in [0, 0.05) is 0 Å². The monoisotopic (exact) mass is 259 g/mol. The van der Waals surface area contributed by atoms with Crippen LogP contribution in [0.5, 0.6) is 0 Å². The van der Waals surface area contributed by atoms with E-state index in [0.29, 0.717) is 11.5 Å². The second kappa shape index (κ2) is 3.07. The zero-order valence-electron chi connectivity index (χ0n) is 9.22. The first-order valence-electron chi connectivity index (χ1n) is 4.68. The summed E-state index contributed by atoms with van der Waals surface area (Å²) in [6, 6.07) is 0. The number of amidine groups is 1. The molecule has 0 bridgehead atoms. The number of anilines is 1. The minimum absolute atomic E-state index is 0.0398. The van der Waals surface area contributed by atoms with Gasteiger partial charge in [0.25, 0.3) is 0 Å². The average Bonchev–Trinajstić information content (AvgIpc) is 2.46. The summed E-state index contributed by atoms with van der Waals surface area (Å²) in [6.45, 7) is 5.71. The molecule has 3 N–H and O–H groups in total. The summed E-state index contributed by atoms with van der Waals surface area (Å²) in [4.78, 5) is 6.81. The van der Waals surface area contributed by atoms with Crippen LogP contribution < -0.4 is 9.70 Å². The Balaban J connectivity index is 2.72. The smallest absolute Gasteiger partial charge is 0.340 e. The van der Waals surface area contributed by atoms with E-state index in [0.717, 1.165) is 0 Å². The first-order chi connectivity index (χ1) is 7.23. The van der Waals surface area contributed by atoms with Crippen LogP contribution in [0.4, 0.5) is 5.82 Å². The number of nitrogens with zero attached hydrogens (tertiary/aromatic N) is 3. The molecule has 0 aliphatic carbocycles. The predicted octanol–water partition coefficient (Wildman–Crippen LogP) is 0.0147. The fourth-order valence-corrected chi connectivity index (χ4v) is 6.09. The van der Waals surface area contributed by atoms with Gasteiger partial charge in [0.2, 0.25) is 0 Å². The van der Waals surface area contributed by atoms with Gasteiger partial charge in [0.05, 0.1) is 6.33 Å². The molecule has 16 heavy (non-hydrogen) atoms. The summed E-state index contributed by atoms with van der Waals surface area (Å²) < 4.78 is 28.7. The van der Waals surface area contributed by atoms with Crippen LogP contribution >= 0.6 is 0 Å². The zero-order chi connectivity index (χ0) is 12.1.